The van der Waals surface area contributed by atoms with Gasteiger partial charge in [-0.2, -0.15) is 0 Å². The summed E-state index contributed by atoms with van der Waals surface area (Å²) in [4.78, 5) is 40.1. The molecule has 0 saturated carbocycles. The van der Waals surface area contributed by atoms with E-state index in [-0.39, 0.29) is 23.7 Å². The van der Waals surface area contributed by atoms with Crippen LogP contribution in [0.5, 0.6) is 0 Å². The number of ether oxygens (including phenoxy) is 1. The van der Waals surface area contributed by atoms with Gasteiger partial charge in [-0.1, -0.05) is 0 Å². The number of aromatic nitrogens is 1. The third-order valence-corrected chi connectivity index (χ3v) is 3.00. The van der Waals surface area contributed by atoms with Crippen LogP contribution in [0.1, 0.15) is 17.4 Å². The SMILES string of the molecule is COC(=O)c1ccc(N)c(N2CC(=O)NC(=O)C2C)n1. The molecule has 0 aliphatic carbocycles. The van der Waals surface area contributed by atoms with Crippen molar-refractivity contribution in [2.45, 2.75) is 13.0 Å². The lowest BCUT2D eigenvalue weighted by atomic mass is 10.2. The first kappa shape index (κ1) is 13.8. The maximum Gasteiger partial charge on any atom is 0.356 e. The summed E-state index contributed by atoms with van der Waals surface area (Å²) in [6.07, 6.45) is 0. The molecule has 0 spiro atoms. The highest BCUT2D eigenvalue weighted by Gasteiger charge is 2.32. The number of anilines is 2. The van der Waals surface area contributed by atoms with Crippen molar-refractivity contribution in [3.05, 3.63) is 17.8 Å². The minimum atomic E-state index is -0.619. The second kappa shape index (κ2) is 5.16. The van der Waals surface area contributed by atoms with E-state index >= 15 is 0 Å². The van der Waals surface area contributed by atoms with Crippen molar-refractivity contribution in [1.82, 2.24) is 10.3 Å². The predicted molar refractivity (Wildman–Crippen MR) is 69.9 cm³/mol. The summed E-state index contributed by atoms with van der Waals surface area (Å²) in [7, 11) is 1.24. The number of pyridine rings is 1. The zero-order chi connectivity index (χ0) is 14.9. The van der Waals surface area contributed by atoms with Crippen LogP contribution >= 0.6 is 0 Å². The van der Waals surface area contributed by atoms with Crippen LogP contribution in [-0.4, -0.2) is 42.5 Å². The Morgan fingerprint density at radius 3 is 2.85 bits per heavy atom. The van der Waals surface area contributed by atoms with Crippen LogP contribution in [0, 0.1) is 0 Å². The summed E-state index contributed by atoms with van der Waals surface area (Å²) < 4.78 is 4.58. The maximum atomic E-state index is 11.6. The third-order valence-electron chi connectivity index (χ3n) is 3.00. The lowest BCUT2D eigenvalue weighted by Crippen LogP contribution is -2.57. The van der Waals surface area contributed by atoms with Crippen LogP contribution in [0.2, 0.25) is 0 Å². The Balaban J connectivity index is 2.42. The molecule has 106 valence electrons. The van der Waals surface area contributed by atoms with Crippen molar-refractivity contribution in [2.24, 2.45) is 0 Å². The Hall–Kier alpha value is -2.64. The molecule has 1 aliphatic heterocycles. The largest absolute Gasteiger partial charge is 0.464 e. The molecule has 1 atom stereocenters. The Kier molecular flexibility index (Phi) is 3.55. The van der Waals surface area contributed by atoms with Crippen molar-refractivity contribution in [3.63, 3.8) is 0 Å². The lowest BCUT2D eigenvalue weighted by Gasteiger charge is -2.33. The molecule has 2 rings (SSSR count). The van der Waals surface area contributed by atoms with Gasteiger partial charge in [0.1, 0.15) is 6.04 Å². The second-order valence-electron chi connectivity index (χ2n) is 4.32. The molecule has 0 radical (unpaired) electrons. The molecular weight excluding hydrogens is 264 g/mol. The maximum absolute atomic E-state index is 11.6. The Morgan fingerprint density at radius 2 is 2.20 bits per heavy atom. The van der Waals surface area contributed by atoms with E-state index in [0.29, 0.717) is 0 Å². The molecule has 20 heavy (non-hydrogen) atoms. The van der Waals surface area contributed by atoms with Gasteiger partial charge in [-0.15, -0.1) is 0 Å². The summed E-state index contributed by atoms with van der Waals surface area (Å²) in [6, 6.07) is 2.29. The summed E-state index contributed by atoms with van der Waals surface area (Å²) >= 11 is 0. The number of nitrogen functional groups attached to an aromatic ring is 1. The number of rotatable bonds is 2. The number of hydrogen-bond acceptors (Lipinski definition) is 7. The van der Waals surface area contributed by atoms with E-state index in [1.807, 2.05) is 0 Å². The molecule has 1 unspecified atom stereocenters. The van der Waals surface area contributed by atoms with E-state index in [0.717, 1.165) is 0 Å². The average molecular weight is 278 g/mol. The van der Waals surface area contributed by atoms with Gasteiger partial charge in [0.15, 0.2) is 11.5 Å². The van der Waals surface area contributed by atoms with Crippen molar-refractivity contribution in [3.8, 4) is 0 Å². The van der Waals surface area contributed by atoms with Crippen molar-refractivity contribution in [1.29, 1.82) is 0 Å². The number of nitrogens with two attached hydrogens (primary N) is 1. The highest BCUT2D eigenvalue weighted by atomic mass is 16.5. The van der Waals surface area contributed by atoms with Crippen molar-refractivity contribution < 1.29 is 19.1 Å². The van der Waals surface area contributed by atoms with Crippen molar-refractivity contribution in [2.75, 3.05) is 24.3 Å². The van der Waals surface area contributed by atoms with Gasteiger partial charge in [0.25, 0.3) is 0 Å². The molecule has 3 N–H and O–H groups in total. The zero-order valence-electron chi connectivity index (χ0n) is 11.0. The summed E-state index contributed by atoms with van der Waals surface area (Å²) in [6.45, 7) is 1.56. The van der Waals surface area contributed by atoms with Gasteiger partial charge in [0, 0.05) is 0 Å². The second-order valence-corrected chi connectivity index (χ2v) is 4.32. The Labute approximate surface area is 114 Å². The highest BCUT2D eigenvalue weighted by molar-refractivity contribution is 6.04. The molecule has 8 heteroatoms. The number of methoxy groups -OCH3 is 1. The average Bonchev–Trinajstić information content (AvgIpc) is 2.42. The number of amides is 2. The first-order valence-electron chi connectivity index (χ1n) is 5.89. The number of nitrogens with one attached hydrogen (secondary N) is 1. The predicted octanol–water partition coefficient (Wildman–Crippen LogP) is -0.698. The fraction of sp³-hybridized carbons (Fsp3) is 0.333. The van der Waals surface area contributed by atoms with Crippen LogP contribution in [0.15, 0.2) is 12.1 Å². The number of hydrogen-bond donors (Lipinski definition) is 2. The molecule has 1 aromatic rings. The summed E-state index contributed by atoms with van der Waals surface area (Å²) in [5.41, 5.74) is 6.14. The number of nitrogens with zero attached hydrogens (tertiary/aromatic N) is 2. The first-order valence-corrected chi connectivity index (χ1v) is 5.89. The van der Waals surface area contributed by atoms with Gasteiger partial charge < -0.3 is 15.4 Å². The number of esters is 1. The van der Waals surface area contributed by atoms with E-state index in [2.05, 4.69) is 15.0 Å². The minimum absolute atomic E-state index is 0.0577. The third kappa shape index (κ3) is 2.40. The fourth-order valence-electron chi connectivity index (χ4n) is 1.88. The van der Waals surface area contributed by atoms with E-state index < -0.39 is 23.8 Å². The molecule has 2 amide bonds. The van der Waals surface area contributed by atoms with Crippen LogP contribution < -0.4 is 16.0 Å². The number of carbonyl (C=O) groups is 3. The summed E-state index contributed by atoms with van der Waals surface area (Å²) in [5.74, 6) is -1.29. The van der Waals surface area contributed by atoms with Crippen LogP contribution in [0.3, 0.4) is 0 Å². The number of carbonyl (C=O) groups excluding carboxylic acids is 3. The Bertz CT molecular complexity index is 587. The van der Waals surface area contributed by atoms with Gasteiger partial charge in [-0.05, 0) is 19.1 Å². The molecule has 1 saturated heterocycles. The quantitative estimate of drug-likeness (QED) is 0.543. The van der Waals surface area contributed by atoms with Gasteiger partial charge in [0.2, 0.25) is 11.8 Å². The van der Waals surface area contributed by atoms with E-state index in [1.54, 1.807) is 6.92 Å². The molecule has 0 bridgehead atoms. The van der Waals surface area contributed by atoms with E-state index in [9.17, 15) is 14.4 Å². The van der Waals surface area contributed by atoms with E-state index in [1.165, 1.54) is 24.1 Å². The van der Waals surface area contributed by atoms with Gasteiger partial charge in [-0.3, -0.25) is 14.9 Å². The molecular formula is C12H14N4O4. The van der Waals surface area contributed by atoms with Crippen LogP contribution in [0.25, 0.3) is 0 Å². The van der Waals surface area contributed by atoms with E-state index in [4.69, 9.17) is 5.73 Å². The lowest BCUT2D eigenvalue weighted by molar-refractivity contribution is -0.132. The highest BCUT2D eigenvalue weighted by Crippen LogP contribution is 2.24. The smallest absolute Gasteiger partial charge is 0.356 e. The molecule has 2 heterocycles. The van der Waals surface area contributed by atoms with Crippen molar-refractivity contribution >= 4 is 29.3 Å². The monoisotopic (exact) mass is 278 g/mol. The van der Waals surface area contributed by atoms with Gasteiger partial charge >= 0.3 is 5.97 Å². The molecule has 0 aromatic carbocycles. The molecule has 8 nitrogen and oxygen atoms in total. The number of imide groups is 1. The zero-order valence-corrected chi connectivity index (χ0v) is 11.0. The summed E-state index contributed by atoms with van der Waals surface area (Å²) in [5, 5.41) is 2.22. The normalized spacial score (nSPS) is 18.7. The molecule has 1 fully saturated rings. The first-order chi connectivity index (χ1) is 9.43. The number of piperazine rings is 1. The fourth-order valence-corrected chi connectivity index (χ4v) is 1.88. The molecule has 1 aromatic heterocycles. The molecule has 1 aliphatic rings. The Morgan fingerprint density at radius 1 is 1.50 bits per heavy atom. The van der Waals surface area contributed by atoms with Gasteiger partial charge in [-0.25, -0.2) is 9.78 Å². The van der Waals surface area contributed by atoms with Crippen LogP contribution in [0.4, 0.5) is 11.5 Å². The standard InChI is InChI=1S/C12H14N4O4/c1-6-11(18)15-9(17)5-16(6)10-7(13)3-4-8(14-10)12(19)20-2/h3-4,6H,5,13H2,1-2H3,(H,15,17,18). The van der Waals surface area contributed by atoms with Gasteiger partial charge in [0.05, 0.1) is 19.3 Å². The van der Waals surface area contributed by atoms with Crippen LogP contribution in [-0.2, 0) is 14.3 Å². The topological polar surface area (TPSA) is 115 Å². The minimum Gasteiger partial charge on any atom is -0.464 e.